The molecule has 0 spiro atoms. The van der Waals surface area contributed by atoms with Gasteiger partial charge in [-0.2, -0.15) is 0 Å². The fourth-order valence-corrected chi connectivity index (χ4v) is 4.15. The van der Waals surface area contributed by atoms with Crippen molar-refractivity contribution < 1.29 is 19.1 Å². The standard InChI is InChI=1S/C22H32N2O4/c1-16-14-19(27-2)6-7-20(16)23-21(25)8-5-17-4-3-11-24(15-17)22(26)18-9-12-28-13-10-18/h6-7,14,17-18H,3-5,8-13,15H2,1-2H3,(H,23,25). The van der Waals surface area contributed by atoms with E-state index in [2.05, 4.69) is 5.32 Å². The van der Waals surface area contributed by atoms with Crippen LogP contribution in [-0.4, -0.2) is 50.1 Å². The van der Waals surface area contributed by atoms with Gasteiger partial charge in [-0.15, -0.1) is 0 Å². The number of nitrogens with one attached hydrogen (secondary N) is 1. The Kier molecular flexibility index (Phi) is 7.31. The minimum absolute atomic E-state index is 0.0288. The third-order valence-corrected chi connectivity index (χ3v) is 5.89. The van der Waals surface area contributed by atoms with E-state index in [9.17, 15) is 9.59 Å². The van der Waals surface area contributed by atoms with Gasteiger partial charge in [0.05, 0.1) is 7.11 Å². The van der Waals surface area contributed by atoms with Gasteiger partial charge in [0.15, 0.2) is 0 Å². The first-order valence-electron chi connectivity index (χ1n) is 10.4. The molecule has 154 valence electrons. The van der Waals surface area contributed by atoms with Gasteiger partial charge in [0.2, 0.25) is 11.8 Å². The minimum atomic E-state index is 0.0288. The van der Waals surface area contributed by atoms with Crippen LogP contribution in [-0.2, 0) is 14.3 Å². The zero-order valence-corrected chi connectivity index (χ0v) is 17.0. The lowest BCUT2D eigenvalue weighted by atomic mass is 9.91. The fraction of sp³-hybridized carbons (Fsp3) is 0.636. The van der Waals surface area contributed by atoms with E-state index in [4.69, 9.17) is 9.47 Å². The molecular weight excluding hydrogens is 356 g/mol. The molecule has 2 saturated heterocycles. The second-order valence-corrected chi connectivity index (χ2v) is 7.95. The molecule has 2 aliphatic rings. The van der Waals surface area contributed by atoms with Crippen LogP contribution >= 0.6 is 0 Å². The fourth-order valence-electron chi connectivity index (χ4n) is 4.15. The van der Waals surface area contributed by atoms with Crippen molar-refractivity contribution in [3.05, 3.63) is 23.8 Å². The van der Waals surface area contributed by atoms with Crippen molar-refractivity contribution in [3.8, 4) is 5.75 Å². The number of ether oxygens (including phenoxy) is 2. The summed E-state index contributed by atoms with van der Waals surface area (Å²) in [5.41, 5.74) is 1.81. The van der Waals surface area contributed by atoms with Crippen molar-refractivity contribution in [3.63, 3.8) is 0 Å². The highest BCUT2D eigenvalue weighted by atomic mass is 16.5. The lowest BCUT2D eigenvalue weighted by Crippen LogP contribution is -2.44. The number of aryl methyl sites for hydroxylation is 1. The molecule has 6 heteroatoms. The van der Waals surface area contributed by atoms with E-state index >= 15 is 0 Å². The Morgan fingerprint density at radius 1 is 1.25 bits per heavy atom. The van der Waals surface area contributed by atoms with Crippen LogP contribution in [0, 0.1) is 18.8 Å². The molecule has 0 aromatic heterocycles. The van der Waals surface area contributed by atoms with Gasteiger partial charge in [-0.1, -0.05) is 0 Å². The maximum atomic E-state index is 12.7. The van der Waals surface area contributed by atoms with Crippen LogP contribution in [0.5, 0.6) is 5.75 Å². The van der Waals surface area contributed by atoms with E-state index in [-0.39, 0.29) is 17.7 Å². The summed E-state index contributed by atoms with van der Waals surface area (Å²) < 4.78 is 10.6. The van der Waals surface area contributed by atoms with Crippen molar-refractivity contribution in [1.82, 2.24) is 4.90 Å². The number of likely N-dealkylation sites (tertiary alicyclic amines) is 1. The summed E-state index contributed by atoms with van der Waals surface area (Å²) in [6, 6.07) is 5.64. The molecule has 1 aromatic rings. The molecule has 1 unspecified atom stereocenters. The summed E-state index contributed by atoms with van der Waals surface area (Å²) in [7, 11) is 1.63. The first-order chi connectivity index (χ1) is 13.6. The largest absolute Gasteiger partial charge is 0.497 e. The SMILES string of the molecule is COc1ccc(NC(=O)CCC2CCCN(C(=O)C3CCOCC3)C2)c(C)c1. The number of amides is 2. The third kappa shape index (κ3) is 5.47. The Balaban J connectivity index is 1.46. The Hall–Kier alpha value is -2.08. The van der Waals surface area contributed by atoms with Gasteiger partial charge < -0.3 is 19.7 Å². The van der Waals surface area contributed by atoms with E-state index in [0.29, 0.717) is 25.6 Å². The van der Waals surface area contributed by atoms with E-state index in [1.54, 1.807) is 7.11 Å². The normalized spacial score (nSPS) is 20.6. The Bertz CT molecular complexity index is 685. The van der Waals surface area contributed by atoms with Crippen LogP contribution in [0.25, 0.3) is 0 Å². The highest BCUT2D eigenvalue weighted by molar-refractivity contribution is 5.91. The van der Waals surface area contributed by atoms with Gasteiger partial charge in [-0.05, 0) is 68.7 Å². The van der Waals surface area contributed by atoms with Crippen LogP contribution in [0.4, 0.5) is 5.69 Å². The molecule has 3 rings (SSSR count). The zero-order chi connectivity index (χ0) is 19.9. The first kappa shape index (κ1) is 20.6. The van der Waals surface area contributed by atoms with Gasteiger partial charge in [-0.25, -0.2) is 0 Å². The molecule has 2 amide bonds. The van der Waals surface area contributed by atoms with E-state index in [0.717, 1.165) is 62.2 Å². The quantitative estimate of drug-likeness (QED) is 0.811. The molecule has 2 fully saturated rings. The molecule has 0 aliphatic carbocycles. The summed E-state index contributed by atoms with van der Waals surface area (Å²) in [5.74, 6) is 1.62. The van der Waals surface area contributed by atoms with Crippen LogP contribution in [0.3, 0.4) is 0 Å². The number of carbonyl (C=O) groups excluding carboxylic acids is 2. The number of rotatable bonds is 6. The number of methoxy groups -OCH3 is 1. The highest BCUT2D eigenvalue weighted by Gasteiger charge is 2.30. The number of piperidine rings is 1. The van der Waals surface area contributed by atoms with Crippen molar-refractivity contribution in [1.29, 1.82) is 0 Å². The summed E-state index contributed by atoms with van der Waals surface area (Å²) in [6.07, 6.45) is 5.09. The summed E-state index contributed by atoms with van der Waals surface area (Å²) in [5, 5.41) is 3.00. The summed E-state index contributed by atoms with van der Waals surface area (Å²) in [4.78, 5) is 27.2. The molecule has 6 nitrogen and oxygen atoms in total. The van der Waals surface area contributed by atoms with E-state index < -0.39 is 0 Å². The number of carbonyl (C=O) groups is 2. The molecule has 2 heterocycles. The van der Waals surface area contributed by atoms with Crippen molar-refractivity contribution in [2.45, 2.75) is 45.4 Å². The molecule has 1 N–H and O–H groups in total. The molecule has 1 atom stereocenters. The molecule has 28 heavy (non-hydrogen) atoms. The Morgan fingerprint density at radius 2 is 2.04 bits per heavy atom. The molecule has 0 bridgehead atoms. The zero-order valence-electron chi connectivity index (χ0n) is 17.0. The molecule has 0 saturated carbocycles. The minimum Gasteiger partial charge on any atom is -0.497 e. The molecule has 2 aliphatic heterocycles. The number of benzene rings is 1. The predicted octanol–water partition coefficient (Wildman–Crippen LogP) is 3.39. The van der Waals surface area contributed by atoms with Gasteiger partial charge in [-0.3, -0.25) is 9.59 Å². The maximum Gasteiger partial charge on any atom is 0.225 e. The number of hydrogen-bond acceptors (Lipinski definition) is 4. The average molecular weight is 389 g/mol. The first-order valence-corrected chi connectivity index (χ1v) is 10.4. The van der Waals surface area contributed by atoms with Gasteiger partial charge in [0.1, 0.15) is 5.75 Å². The highest BCUT2D eigenvalue weighted by Crippen LogP contribution is 2.26. The Morgan fingerprint density at radius 3 is 2.75 bits per heavy atom. The van der Waals surface area contributed by atoms with Gasteiger partial charge in [0.25, 0.3) is 0 Å². The second-order valence-electron chi connectivity index (χ2n) is 7.95. The topological polar surface area (TPSA) is 67.9 Å². The Labute approximate surface area is 167 Å². The lowest BCUT2D eigenvalue weighted by molar-refractivity contribution is -0.140. The predicted molar refractivity (Wildman–Crippen MR) is 108 cm³/mol. The van der Waals surface area contributed by atoms with E-state index in [1.807, 2.05) is 30.0 Å². The molecule has 1 aromatic carbocycles. The smallest absolute Gasteiger partial charge is 0.225 e. The second kappa shape index (κ2) is 9.92. The number of hydrogen-bond donors (Lipinski definition) is 1. The third-order valence-electron chi connectivity index (χ3n) is 5.89. The summed E-state index contributed by atoms with van der Waals surface area (Å²) >= 11 is 0. The summed E-state index contributed by atoms with van der Waals surface area (Å²) in [6.45, 7) is 4.98. The van der Waals surface area contributed by atoms with Crippen molar-refractivity contribution >= 4 is 17.5 Å². The van der Waals surface area contributed by atoms with Crippen LogP contribution in [0.15, 0.2) is 18.2 Å². The average Bonchev–Trinajstić information content (AvgIpc) is 2.74. The molecular formula is C22H32N2O4. The van der Waals surface area contributed by atoms with Gasteiger partial charge in [0, 0.05) is 44.3 Å². The monoisotopic (exact) mass is 388 g/mol. The lowest BCUT2D eigenvalue weighted by Gasteiger charge is -2.36. The van der Waals surface area contributed by atoms with Crippen LogP contribution in [0.1, 0.15) is 44.1 Å². The molecule has 0 radical (unpaired) electrons. The number of anilines is 1. The number of nitrogens with zero attached hydrogens (tertiary/aromatic N) is 1. The van der Waals surface area contributed by atoms with Crippen molar-refractivity contribution in [2.24, 2.45) is 11.8 Å². The van der Waals surface area contributed by atoms with Gasteiger partial charge >= 0.3 is 0 Å². The van der Waals surface area contributed by atoms with Crippen molar-refractivity contribution in [2.75, 3.05) is 38.7 Å². The van der Waals surface area contributed by atoms with E-state index in [1.165, 1.54) is 0 Å². The maximum absolute atomic E-state index is 12.7. The van der Waals surface area contributed by atoms with Crippen LogP contribution in [0.2, 0.25) is 0 Å². The van der Waals surface area contributed by atoms with Crippen LogP contribution < -0.4 is 10.1 Å².